The van der Waals surface area contributed by atoms with E-state index in [9.17, 15) is 4.79 Å². The fraction of sp³-hybridized carbons (Fsp3) is 0.632. The van der Waals surface area contributed by atoms with Crippen LogP contribution in [0, 0.1) is 0 Å². The number of amides is 1. The van der Waals surface area contributed by atoms with Crippen LogP contribution in [-0.4, -0.2) is 51.0 Å². The number of nitrogens with zero attached hydrogens (tertiary/aromatic N) is 1. The number of carbonyl (C=O) groups excluding carboxylic acids is 1. The molecule has 6 nitrogen and oxygen atoms in total. The van der Waals surface area contributed by atoms with Crippen molar-refractivity contribution in [2.45, 2.75) is 52.6 Å². The Kier molecular flexibility index (Phi) is 8.38. The summed E-state index contributed by atoms with van der Waals surface area (Å²) in [4.78, 5) is 13.9. The molecular weight excluding hydrogens is 322 g/mol. The first-order valence-corrected chi connectivity index (χ1v) is 8.59. The zero-order valence-corrected chi connectivity index (χ0v) is 16.4. The second-order valence-electron chi connectivity index (χ2n) is 6.35. The molecule has 25 heavy (non-hydrogen) atoms. The van der Waals surface area contributed by atoms with Crippen LogP contribution in [0.3, 0.4) is 0 Å². The Balaban J connectivity index is 2.63. The number of methoxy groups -OCH3 is 3. The molecule has 0 spiro atoms. The average Bonchev–Trinajstić information content (AvgIpc) is 2.56. The summed E-state index contributed by atoms with van der Waals surface area (Å²) in [5, 5.41) is 0. The standard InChI is InChI=1S/C19H31NO5/c1-13(2)20(14(3)4)19(21)25-10-8-9-15-11-16(22-5)18(24-7)17(12-15)23-6/h11-14H,8-10H2,1-7H3. The number of hydrogen-bond acceptors (Lipinski definition) is 5. The lowest BCUT2D eigenvalue weighted by molar-refractivity contribution is 0.0784. The van der Waals surface area contributed by atoms with Crippen LogP contribution in [0.25, 0.3) is 0 Å². The number of aryl methyl sites for hydroxylation is 1. The molecule has 0 radical (unpaired) electrons. The maximum Gasteiger partial charge on any atom is 0.410 e. The van der Waals surface area contributed by atoms with Crippen molar-refractivity contribution in [2.24, 2.45) is 0 Å². The largest absolute Gasteiger partial charge is 0.493 e. The van der Waals surface area contributed by atoms with E-state index in [1.807, 2.05) is 39.8 Å². The lowest BCUT2D eigenvalue weighted by Crippen LogP contribution is -2.42. The molecule has 0 aliphatic carbocycles. The molecule has 0 heterocycles. The quantitative estimate of drug-likeness (QED) is 0.630. The molecule has 0 saturated heterocycles. The number of carbonyl (C=O) groups is 1. The SMILES string of the molecule is COc1cc(CCCOC(=O)N(C(C)C)C(C)C)cc(OC)c1OC. The lowest BCUT2D eigenvalue weighted by atomic mass is 10.1. The molecule has 0 aromatic heterocycles. The third-order valence-corrected chi connectivity index (χ3v) is 3.88. The molecule has 6 heteroatoms. The van der Waals surface area contributed by atoms with E-state index in [4.69, 9.17) is 18.9 Å². The Morgan fingerprint density at radius 2 is 1.48 bits per heavy atom. The van der Waals surface area contributed by atoms with Gasteiger partial charge in [-0.05, 0) is 58.2 Å². The zero-order chi connectivity index (χ0) is 19.0. The number of rotatable bonds is 9. The summed E-state index contributed by atoms with van der Waals surface area (Å²) in [6, 6.07) is 4.06. The van der Waals surface area contributed by atoms with Gasteiger partial charge in [-0.3, -0.25) is 0 Å². The van der Waals surface area contributed by atoms with Crippen molar-refractivity contribution >= 4 is 6.09 Å². The van der Waals surface area contributed by atoms with E-state index in [0.29, 0.717) is 30.3 Å². The second-order valence-corrected chi connectivity index (χ2v) is 6.35. The number of hydrogen-bond donors (Lipinski definition) is 0. The van der Waals surface area contributed by atoms with E-state index in [0.717, 1.165) is 12.0 Å². The third kappa shape index (κ3) is 5.73. The van der Waals surface area contributed by atoms with E-state index in [2.05, 4.69) is 0 Å². The predicted octanol–water partition coefficient (Wildman–Crippen LogP) is 3.90. The molecule has 0 N–H and O–H groups in total. The molecule has 0 atom stereocenters. The second kappa shape index (κ2) is 10.0. The number of benzene rings is 1. The van der Waals surface area contributed by atoms with Gasteiger partial charge in [0.25, 0.3) is 0 Å². The summed E-state index contributed by atoms with van der Waals surface area (Å²) in [6.07, 6.45) is 1.19. The van der Waals surface area contributed by atoms with Gasteiger partial charge in [0.2, 0.25) is 5.75 Å². The topological polar surface area (TPSA) is 57.2 Å². The van der Waals surface area contributed by atoms with Gasteiger partial charge >= 0.3 is 6.09 Å². The summed E-state index contributed by atoms with van der Waals surface area (Å²) in [7, 11) is 4.76. The molecule has 0 aliphatic heterocycles. The van der Waals surface area contributed by atoms with E-state index >= 15 is 0 Å². The predicted molar refractivity (Wildman–Crippen MR) is 97.9 cm³/mol. The minimum Gasteiger partial charge on any atom is -0.493 e. The lowest BCUT2D eigenvalue weighted by Gasteiger charge is -2.29. The van der Waals surface area contributed by atoms with E-state index in [1.165, 1.54) is 0 Å². The summed E-state index contributed by atoms with van der Waals surface area (Å²) >= 11 is 0. The van der Waals surface area contributed by atoms with E-state index in [-0.39, 0.29) is 18.2 Å². The molecule has 1 rings (SSSR count). The van der Waals surface area contributed by atoms with Crippen LogP contribution in [0.2, 0.25) is 0 Å². The van der Waals surface area contributed by atoms with Gasteiger partial charge in [0.1, 0.15) is 0 Å². The highest BCUT2D eigenvalue weighted by Crippen LogP contribution is 2.38. The molecule has 1 amide bonds. The van der Waals surface area contributed by atoms with Crippen LogP contribution < -0.4 is 14.2 Å². The molecule has 0 fully saturated rings. The monoisotopic (exact) mass is 353 g/mol. The Morgan fingerprint density at radius 1 is 0.960 bits per heavy atom. The zero-order valence-electron chi connectivity index (χ0n) is 16.4. The van der Waals surface area contributed by atoms with Gasteiger partial charge in [-0.1, -0.05) is 0 Å². The Bertz CT molecular complexity index is 524. The Hall–Kier alpha value is -2.11. The first-order chi connectivity index (χ1) is 11.8. The first kappa shape index (κ1) is 20.9. The minimum atomic E-state index is -0.269. The van der Waals surface area contributed by atoms with Crippen molar-refractivity contribution < 1.29 is 23.7 Å². The fourth-order valence-corrected chi connectivity index (χ4v) is 2.81. The third-order valence-electron chi connectivity index (χ3n) is 3.88. The normalized spacial score (nSPS) is 10.8. The van der Waals surface area contributed by atoms with Crippen LogP contribution >= 0.6 is 0 Å². The highest BCUT2D eigenvalue weighted by atomic mass is 16.6. The fourth-order valence-electron chi connectivity index (χ4n) is 2.81. The average molecular weight is 353 g/mol. The van der Waals surface area contributed by atoms with Gasteiger partial charge < -0.3 is 23.8 Å². The van der Waals surface area contributed by atoms with Crippen molar-refractivity contribution in [3.05, 3.63) is 17.7 Å². The minimum absolute atomic E-state index is 0.114. The van der Waals surface area contributed by atoms with Gasteiger partial charge in [0, 0.05) is 12.1 Å². The van der Waals surface area contributed by atoms with E-state index in [1.54, 1.807) is 26.2 Å². The van der Waals surface area contributed by atoms with Crippen molar-refractivity contribution in [1.82, 2.24) is 4.90 Å². The van der Waals surface area contributed by atoms with Gasteiger partial charge in [0.05, 0.1) is 27.9 Å². The molecular formula is C19H31NO5. The van der Waals surface area contributed by atoms with Crippen LogP contribution in [0.5, 0.6) is 17.2 Å². The van der Waals surface area contributed by atoms with E-state index < -0.39 is 0 Å². The Labute approximate surface area is 151 Å². The number of ether oxygens (including phenoxy) is 4. The first-order valence-electron chi connectivity index (χ1n) is 8.59. The van der Waals surface area contributed by atoms with Gasteiger partial charge in [-0.25, -0.2) is 4.79 Å². The molecule has 0 saturated carbocycles. The molecule has 1 aromatic carbocycles. The van der Waals surface area contributed by atoms with Gasteiger partial charge in [-0.15, -0.1) is 0 Å². The molecule has 142 valence electrons. The molecule has 0 bridgehead atoms. The van der Waals surface area contributed by atoms with Crippen molar-refractivity contribution in [1.29, 1.82) is 0 Å². The van der Waals surface area contributed by atoms with Crippen molar-refractivity contribution in [3.8, 4) is 17.2 Å². The van der Waals surface area contributed by atoms with Crippen LogP contribution in [0.1, 0.15) is 39.7 Å². The summed E-state index contributed by atoms with van der Waals surface area (Å²) in [5.74, 6) is 1.82. The summed E-state index contributed by atoms with van der Waals surface area (Å²) in [6.45, 7) is 8.30. The summed E-state index contributed by atoms with van der Waals surface area (Å²) < 4.78 is 21.4. The Morgan fingerprint density at radius 3 is 1.88 bits per heavy atom. The maximum absolute atomic E-state index is 12.2. The van der Waals surface area contributed by atoms with Crippen LogP contribution in [-0.2, 0) is 11.2 Å². The molecule has 1 aromatic rings. The summed E-state index contributed by atoms with van der Waals surface area (Å²) in [5.41, 5.74) is 1.04. The molecule has 0 aliphatic rings. The smallest absolute Gasteiger partial charge is 0.410 e. The highest BCUT2D eigenvalue weighted by Gasteiger charge is 2.21. The van der Waals surface area contributed by atoms with Crippen LogP contribution in [0.4, 0.5) is 4.79 Å². The highest BCUT2D eigenvalue weighted by molar-refractivity contribution is 5.68. The van der Waals surface area contributed by atoms with Gasteiger partial charge in [-0.2, -0.15) is 0 Å². The maximum atomic E-state index is 12.2. The van der Waals surface area contributed by atoms with Crippen molar-refractivity contribution in [2.75, 3.05) is 27.9 Å². The molecule has 0 unspecified atom stereocenters. The van der Waals surface area contributed by atoms with Crippen molar-refractivity contribution in [3.63, 3.8) is 0 Å². The van der Waals surface area contributed by atoms with Crippen LogP contribution in [0.15, 0.2) is 12.1 Å². The van der Waals surface area contributed by atoms with Gasteiger partial charge in [0.15, 0.2) is 11.5 Å².